The molecular formula is C12H22N4O. The van der Waals surface area contributed by atoms with E-state index in [4.69, 9.17) is 4.74 Å². The summed E-state index contributed by atoms with van der Waals surface area (Å²) in [6.07, 6.45) is 4.69. The van der Waals surface area contributed by atoms with Crippen LogP contribution in [-0.4, -0.2) is 34.5 Å². The van der Waals surface area contributed by atoms with Crippen LogP contribution in [0.15, 0.2) is 0 Å². The van der Waals surface area contributed by atoms with Crippen molar-refractivity contribution in [3.8, 4) is 0 Å². The summed E-state index contributed by atoms with van der Waals surface area (Å²) in [6, 6.07) is 0. The maximum absolute atomic E-state index is 5.60. The maximum atomic E-state index is 5.60. The number of hydrogen-bond acceptors (Lipinski definition) is 4. The number of hydrogen-bond donors (Lipinski definition) is 1. The van der Waals surface area contributed by atoms with Crippen LogP contribution in [-0.2, 0) is 24.3 Å². The average Bonchev–Trinajstić information content (AvgIpc) is 2.77. The molecule has 0 saturated heterocycles. The van der Waals surface area contributed by atoms with E-state index in [0.29, 0.717) is 6.61 Å². The number of nitrogens with one attached hydrogen (secondary N) is 1. The second kappa shape index (κ2) is 6.71. The molecule has 0 saturated carbocycles. The van der Waals surface area contributed by atoms with Gasteiger partial charge in [0.2, 0.25) is 0 Å². The van der Waals surface area contributed by atoms with E-state index in [0.717, 1.165) is 50.7 Å². The molecule has 2 heterocycles. The van der Waals surface area contributed by atoms with Crippen LogP contribution in [0.2, 0.25) is 0 Å². The van der Waals surface area contributed by atoms with Gasteiger partial charge in [0.25, 0.3) is 0 Å². The minimum atomic E-state index is 0.584. The largest absolute Gasteiger partial charge is 0.372 e. The van der Waals surface area contributed by atoms with Crippen molar-refractivity contribution in [2.45, 2.75) is 45.8 Å². The van der Waals surface area contributed by atoms with E-state index >= 15 is 0 Å². The summed E-state index contributed by atoms with van der Waals surface area (Å²) in [6.45, 7) is 6.51. The maximum Gasteiger partial charge on any atom is 0.159 e. The molecule has 0 spiro atoms. The third kappa shape index (κ3) is 3.51. The molecule has 0 aliphatic carbocycles. The normalized spacial score (nSPS) is 14.9. The molecule has 0 aromatic carbocycles. The number of ether oxygens (including phenoxy) is 1. The van der Waals surface area contributed by atoms with Crippen molar-refractivity contribution in [2.24, 2.45) is 0 Å². The van der Waals surface area contributed by atoms with Gasteiger partial charge in [-0.05, 0) is 25.8 Å². The topological polar surface area (TPSA) is 52.0 Å². The van der Waals surface area contributed by atoms with E-state index in [9.17, 15) is 0 Å². The molecule has 0 radical (unpaired) electrons. The van der Waals surface area contributed by atoms with Gasteiger partial charge in [-0.1, -0.05) is 6.92 Å². The highest BCUT2D eigenvalue weighted by Gasteiger charge is 2.15. The predicted molar refractivity (Wildman–Crippen MR) is 65.8 cm³/mol. The average molecular weight is 238 g/mol. The summed E-state index contributed by atoms with van der Waals surface area (Å²) >= 11 is 0. The highest BCUT2D eigenvalue weighted by Crippen LogP contribution is 2.14. The van der Waals surface area contributed by atoms with Gasteiger partial charge in [0, 0.05) is 19.5 Å². The molecule has 1 aromatic heterocycles. The van der Waals surface area contributed by atoms with E-state index in [1.807, 2.05) is 0 Å². The van der Waals surface area contributed by atoms with E-state index in [-0.39, 0.29) is 0 Å². The summed E-state index contributed by atoms with van der Waals surface area (Å²) in [7, 11) is 0. The van der Waals surface area contributed by atoms with Crippen LogP contribution < -0.4 is 5.32 Å². The van der Waals surface area contributed by atoms with Gasteiger partial charge >= 0.3 is 0 Å². The fourth-order valence-corrected chi connectivity index (χ4v) is 2.08. The van der Waals surface area contributed by atoms with Crippen molar-refractivity contribution in [1.29, 1.82) is 0 Å². The molecule has 5 nitrogen and oxygen atoms in total. The number of fused-ring (bicyclic) bond motifs is 1. The summed E-state index contributed by atoms with van der Waals surface area (Å²) in [5.74, 6) is 2.11. The Labute approximate surface area is 103 Å². The number of nitrogens with zero attached hydrogens (tertiary/aromatic N) is 3. The van der Waals surface area contributed by atoms with Crippen molar-refractivity contribution in [3.05, 3.63) is 11.6 Å². The first kappa shape index (κ1) is 12.5. The van der Waals surface area contributed by atoms with Crippen molar-refractivity contribution in [3.63, 3.8) is 0 Å². The SMILES string of the molecule is CCCNCCOCc1nnc2n1CCCC2. The Balaban J connectivity index is 1.70. The van der Waals surface area contributed by atoms with Crippen molar-refractivity contribution in [2.75, 3.05) is 19.7 Å². The molecule has 2 rings (SSSR count). The van der Waals surface area contributed by atoms with Gasteiger partial charge in [-0.2, -0.15) is 0 Å². The van der Waals surface area contributed by atoms with Crippen LogP contribution in [0.25, 0.3) is 0 Å². The van der Waals surface area contributed by atoms with Crippen molar-refractivity contribution in [1.82, 2.24) is 20.1 Å². The van der Waals surface area contributed by atoms with Gasteiger partial charge in [-0.15, -0.1) is 10.2 Å². The lowest BCUT2D eigenvalue weighted by molar-refractivity contribution is 0.114. The lowest BCUT2D eigenvalue weighted by Gasteiger charge is -2.14. The Kier molecular flexibility index (Phi) is 4.94. The minimum Gasteiger partial charge on any atom is -0.372 e. The zero-order valence-electron chi connectivity index (χ0n) is 10.6. The first-order valence-corrected chi connectivity index (χ1v) is 6.61. The molecule has 1 aliphatic rings. The Bertz CT molecular complexity index is 337. The first-order valence-electron chi connectivity index (χ1n) is 6.61. The number of aromatic nitrogens is 3. The molecule has 0 amide bonds. The fraction of sp³-hybridized carbons (Fsp3) is 0.833. The van der Waals surface area contributed by atoms with Crippen LogP contribution in [0.3, 0.4) is 0 Å². The van der Waals surface area contributed by atoms with Crippen LogP contribution in [0.1, 0.15) is 37.8 Å². The fourth-order valence-electron chi connectivity index (χ4n) is 2.08. The Morgan fingerprint density at radius 2 is 2.24 bits per heavy atom. The molecule has 0 bridgehead atoms. The number of rotatable bonds is 7. The van der Waals surface area contributed by atoms with Gasteiger partial charge in [0.05, 0.1) is 6.61 Å². The van der Waals surface area contributed by atoms with Gasteiger partial charge in [-0.3, -0.25) is 0 Å². The van der Waals surface area contributed by atoms with E-state index in [1.54, 1.807) is 0 Å². The summed E-state index contributed by atoms with van der Waals surface area (Å²) in [5.41, 5.74) is 0. The molecule has 0 atom stereocenters. The van der Waals surface area contributed by atoms with Crippen LogP contribution in [0.5, 0.6) is 0 Å². The molecule has 1 aliphatic heterocycles. The Morgan fingerprint density at radius 3 is 3.12 bits per heavy atom. The first-order chi connectivity index (χ1) is 8.42. The quantitative estimate of drug-likeness (QED) is 0.724. The van der Waals surface area contributed by atoms with Gasteiger partial charge in [0.1, 0.15) is 12.4 Å². The van der Waals surface area contributed by atoms with E-state index in [1.165, 1.54) is 12.8 Å². The summed E-state index contributed by atoms with van der Waals surface area (Å²) < 4.78 is 7.82. The van der Waals surface area contributed by atoms with Crippen LogP contribution in [0, 0.1) is 0 Å². The van der Waals surface area contributed by atoms with Gasteiger partial charge < -0.3 is 14.6 Å². The second-order valence-corrected chi connectivity index (χ2v) is 4.44. The van der Waals surface area contributed by atoms with E-state index in [2.05, 4.69) is 27.0 Å². The van der Waals surface area contributed by atoms with Crippen molar-refractivity contribution < 1.29 is 4.74 Å². The zero-order valence-corrected chi connectivity index (χ0v) is 10.6. The molecule has 1 aromatic rings. The smallest absolute Gasteiger partial charge is 0.159 e. The molecular weight excluding hydrogens is 216 g/mol. The Hall–Kier alpha value is -0.940. The second-order valence-electron chi connectivity index (χ2n) is 4.44. The Morgan fingerprint density at radius 1 is 1.29 bits per heavy atom. The monoisotopic (exact) mass is 238 g/mol. The lowest BCUT2D eigenvalue weighted by atomic mass is 10.2. The molecule has 17 heavy (non-hydrogen) atoms. The van der Waals surface area contributed by atoms with Gasteiger partial charge in [0.15, 0.2) is 5.82 Å². The zero-order chi connectivity index (χ0) is 11.9. The third-order valence-corrected chi connectivity index (χ3v) is 3.02. The molecule has 5 heteroatoms. The van der Waals surface area contributed by atoms with Crippen molar-refractivity contribution >= 4 is 0 Å². The molecule has 0 unspecified atom stereocenters. The number of aryl methyl sites for hydroxylation is 1. The lowest BCUT2D eigenvalue weighted by Crippen LogP contribution is -2.21. The third-order valence-electron chi connectivity index (χ3n) is 3.02. The standard InChI is InChI=1S/C12H22N4O/c1-2-6-13-7-9-17-10-12-15-14-11-5-3-4-8-16(11)12/h13H,2-10H2,1H3. The van der Waals surface area contributed by atoms with Crippen LogP contribution in [0.4, 0.5) is 0 Å². The highest BCUT2D eigenvalue weighted by atomic mass is 16.5. The molecule has 96 valence electrons. The minimum absolute atomic E-state index is 0.584. The molecule has 0 fully saturated rings. The predicted octanol–water partition coefficient (Wildman–Crippen LogP) is 1.13. The highest BCUT2D eigenvalue weighted by molar-refractivity contribution is 4.97. The summed E-state index contributed by atoms with van der Waals surface area (Å²) in [4.78, 5) is 0. The summed E-state index contributed by atoms with van der Waals surface area (Å²) in [5, 5.41) is 11.7. The van der Waals surface area contributed by atoms with Crippen LogP contribution >= 0.6 is 0 Å². The van der Waals surface area contributed by atoms with Gasteiger partial charge in [-0.25, -0.2) is 0 Å². The molecule has 1 N–H and O–H groups in total. The van der Waals surface area contributed by atoms with E-state index < -0.39 is 0 Å².